The van der Waals surface area contributed by atoms with E-state index in [9.17, 15) is 0 Å². The number of benzene rings is 2. The first-order valence-electron chi connectivity index (χ1n) is 9.07. The van der Waals surface area contributed by atoms with E-state index < -0.39 is 0 Å². The van der Waals surface area contributed by atoms with E-state index in [1.807, 2.05) is 42.5 Å². The lowest BCUT2D eigenvalue weighted by molar-refractivity contribution is 0.296. The van der Waals surface area contributed by atoms with Crippen LogP contribution in [0.3, 0.4) is 0 Å². The van der Waals surface area contributed by atoms with Crippen molar-refractivity contribution in [2.75, 3.05) is 6.61 Å². The van der Waals surface area contributed by atoms with Crippen LogP contribution in [-0.4, -0.2) is 6.61 Å². The highest BCUT2D eigenvalue weighted by Crippen LogP contribution is 2.19. The summed E-state index contributed by atoms with van der Waals surface area (Å²) in [6.07, 6.45) is 8.63. The van der Waals surface area contributed by atoms with Crippen molar-refractivity contribution in [3.05, 3.63) is 67.1 Å². The lowest BCUT2D eigenvalue weighted by Crippen LogP contribution is -1.98. The molecule has 129 valence electrons. The van der Waals surface area contributed by atoms with Crippen molar-refractivity contribution in [2.24, 2.45) is 0 Å². The van der Waals surface area contributed by atoms with Crippen LogP contribution in [0.25, 0.3) is 0 Å². The van der Waals surface area contributed by atoms with Crippen LogP contribution in [0.15, 0.2) is 54.6 Å². The average Bonchev–Trinajstić information content (AvgIpc) is 2.64. The van der Waals surface area contributed by atoms with E-state index in [4.69, 9.17) is 9.47 Å². The highest BCUT2D eigenvalue weighted by Gasteiger charge is 1.98. The molecule has 0 N–H and O–H groups in total. The van der Waals surface area contributed by atoms with Crippen LogP contribution in [0.5, 0.6) is 11.5 Å². The Labute approximate surface area is 146 Å². The topological polar surface area (TPSA) is 18.5 Å². The molecule has 0 spiro atoms. The van der Waals surface area contributed by atoms with Crippen molar-refractivity contribution >= 4 is 0 Å². The first-order valence-corrected chi connectivity index (χ1v) is 9.07. The molecule has 0 amide bonds. The second-order valence-electron chi connectivity index (χ2n) is 6.07. The molecule has 0 atom stereocenters. The second-order valence-corrected chi connectivity index (χ2v) is 6.07. The molecule has 2 aromatic rings. The number of unbranched alkanes of at least 4 members (excludes halogenated alkanes) is 6. The molecule has 0 aliphatic heterocycles. The van der Waals surface area contributed by atoms with Gasteiger partial charge in [0.1, 0.15) is 18.1 Å². The molecule has 0 bridgehead atoms. The minimum absolute atomic E-state index is 0.592. The number of hydrogen-bond acceptors (Lipinski definition) is 2. The van der Waals surface area contributed by atoms with Gasteiger partial charge in [-0.05, 0) is 36.2 Å². The van der Waals surface area contributed by atoms with Gasteiger partial charge < -0.3 is 9.47 Å². The standard InChI is InChI=1S/C22H29O2/c1-2-3-4-5-6-7-11-18-23-21-14-16-22(17-15-21)24-19-20-12-9-8-10-13-20/h8-10,12-17H,1-7,11,18-19H2. The summed E-state index contributed by atoms with van der Waals surface area (Å²) >= 11 is 0. The van der Waals surface area contributed by atoms with Gasteiger partial charge in [0.25, 0.3) is 0 Å². The SMILES string of the molecule is [CH2]CCCCCCCCOc1ccc(OCc2ccccc2)cc1. The van der Waals surface area contributed by atoms with Crippen LogP contribution >= 0.6 is 0 Å². The van der Waals surface area contributed by atoms with Crippen molar-refractivity contribution in [3.63, 3.8) is 0 Å². The fourth-order valence-corrected chi connectivity index (χ4v) is 2.55. The highest BCUT2D eigenvalue weighted by molar-refractivity contribution is 5.31. The van der Waals surface area contributed by atoms with Crippen LogP contribution in [0.1, 0.15) is 50.5 Å². The van der Waals surface area contributed by atoms with Gasteiger partial charge in [0, 0.05) is 0 Å². The molecule has 0 heterocycles. The van der Waals surface area contributed by atoms with E-state index in [1.165, 1.54) is 37.7 Å². The molecule has 2 aromatic carbocycles. The zero-order valence-corrected chi connectivity index (χ0v) is 14.6. The third kappa shape index (κ3) is 7.54. The van der Waals surface area contributed by atoms with Crippen LogP contribution in [0, 0.1) is 6.92 Å². The summed E-state index contributed by atoms with van der Waals surface area (Å²) < 4.78 is 11.6. The quantitative estimate of drug-likeness (QED) is 0.432. The van der Waals surface area contributed by atoms with Crippen molar-refractivity contribution in [1.29, 1.82) is 0 Å². The average molecular weight is 325 g/mol. The fourth-order valence-electron chi connectivity index (χ4n) is 2.55. The molecular formula is C22H29O2. The zero-order chi connectivity index (χ0) is 16.9. The molecule has 2 rings (SSSR count). The van der Waals surface area contributed by atoms with Crippen molar-refractivity contribution in [2.45, 2.75) is 51.6 Å². The summed E-state index contributed by atoms with van der Waals surface area (Å²) in [5, 5.41) is 0. The van der Waals surface area contributed by atoms with E-state index in [1.54, 1.807) is 0 Å². The Kier molecular flexibility index (Phi) is 8.85. The monoisotopic (exact) mass is 325 g/mol. The third-order valence-corrected chi connectivity index (χ3v) is 3.99. The Bertz CT molecular complexity index is 534. The number of rotatable bonds is 12. The lowest BCUT2D eigenvalue weighted by Gasteiger charge is -2.09. The molecule has 2 nitrogen and oxygen atoms in total. The first-order chi connectivity index (χ1) is 11.9. The van der Waals surface area contributed by atoms with Gasteiger partial charge in [0.2, 0.25) is 0 Å². The molecule has 0 fully saturated rings. The van der Waals surface area contributed by atoms with E-state index in [2.05, 4.69) is 19.1 Å². The summed E-state index contributed by atoms with van der Waals surface area (Å²) in [7, 11) is 0. The summed E-state index contributed by atoms with van der Waals surface area (Å²) in [4.78, 5) is 0. The van der Waals surface area contributed by atoms with Gasteiger partial charge in [-0.15, -0.1) is 0 Å². The van der Waals surface area contributed by atoms with Gasteiger partial charge in [-0.25, -0.2) is 0 Å². The van der Waals surface area contributed by atoms with E-state index in [0.717, 1.165) is 30.9 Å². The minimum atomic E-state index is 0.592. The van der Waals surface area contributed by atoms with Gasteiger partial charge in [-0.3, -0.25) is 0 Å². The molecule has 0 aliphatic carbocycles. The highest BCUT2D eigenvalue weighted by atomic mass is 16.5. The van der Waals surface area contributed by atoms with Gasteiger partial charge >= 0.3 is 0 Å². The maximum atomic E-state index is 5.79. The summed E-state index contributed by atoms with van der Waals surface area (Å²) in [6, 6.07) is 18.1. The Balaban J connectivity index is 1.58. The number of hydrogen-bond donors (Lipinski definition) is 0. The summed E-state index contributed by atoms with van der Waals surface area (Å²) in [5.41, 5.74) is 1.17. The Morgan fingerprint density at radius 3 is 1.88 bits per heavy atom. The maximum absolute atomic E-state index is 5.79. The molecule has 0 unspecified atom stereocenters. The molecule has 24 heavy (non-hydrogen) atoms. The fraction of sp³-hybridized carbons (Fsp3) is 0.409. The smallest absolute Gasteiger partial charge is 0.120 e. The number of ether oxygens (including phenoxy) is 2. The predicted octanol–water partition coefficient (Wildman–Crippen LogP) is 6.21. The van der Waals surface area contributed by atoms with E-state index in [-0.39, 0.29) is 0 Å². The second kappa shape index (κ2) is 11.6. The molecule has 0 aromatic heterocycles. The van der Waals surface area contributed by atoms with E-state index >= 15 is 0 Å². The van der Waals surface area contributed by atoms with Gasteiger partial charge in [0.15, 0.2) is 0 Å². The minimum Gasteiger partial charge on any atom is -0.494 e. The lowest BCUT2D eigenvalue weighted by atomic mass is 10.1. The Hall–Kier alpha value is -1.96. The normalized spacial score (nSPS) is 10.5. The van der Waals surface area contributed by atoms with Gasteiger partial charge in [-0.1, -0.05) is 75.8 Å². The van der Waals surface area contributed by atoms with Gasteiger partial charge in [-0.2, -0.15) is 0 Å². The molecule has 0 saturated heterocycles. The Morgan fingerprint density at radius 2 is 1.21 bits per heavy atom. The Morgan fingerprint density at radius 1 is 0.625 bits per heavy atom. The van der Waals surface area contributed by atoms with Crippen molar-refractivity contribution in [3.8, 4) is 11.5 Å². The van der Waals surface area contributed by atoms with Crippen LogP contribution in [-0.2, 0) is 6.61 Å². The molecule has 2 heteroatoms. The van der Waals surface area contributed by atoms with Crippen molar-refractivity contribution < 1.29 is 9.47 Å². The molecule has 1 radical (unpaired) electrons. The molecule has 0 aliphatic rings. The summed E-state index contributed by atoms with van der Waals surface area (Å²) in [5.74, 6) is 1.79. The summed E-state index contributed by atoms with van der Waals surface area (Å²) in [6.45, 7) is 5.25. The predicted molar refractivity (Wildman–Crippen MR) is 100 cm³/mol. The van der Waals surface area contributed by atoms with Gasteiger partial charge in [0.05, 0.1) is 6.61 Å². The molecule has 0 saturated carbocycles. The third-order valence-electron chi connectivity index (χ3n) is 3.99. The van der Waals surface area contributed by atoms with Crippen LogP contribution in [0.2, 0.25) is 0 Å². The van der Waals surface area contributed by atoms with Crippen molar-refractivity contribution in [1.82, 2.24) is 0 Å². The molecular weight excluding hydrogens is 296 g/mol. The van der Waals surface area contributed by atoms with E-state index in [0.29, 0.717) is 6.61 Å². The largest absolute Gasteiger partial charge is 0.494 e. The first kappa shape index (κ1) is 18.4. The van der Waals surface area contributed by atoms with Crippen LogP contribution in [0.4, 0.5) is 0 Å². The maximum Gasteiger partial charge on any atom is 0.120 e. The zero-order valence-electron chi connectivity index (χ0n) is 14.6. The van der Waals surface area contributed by atoms with Crippen LogP contribution < -0.4 is 9.47 Å².